The van der Waals surface area contributed by atoms with Crippen LogP contribution in [0.2, 0.25) is 0 Å². The lowest BCUT2D eigenvalue weighted by Crippen LogP contribution is -2.34. The second kappa shape index (κ2) is 8.48. The Hall–Kier alpha value is -3.86. The van der Waals surface area contributed by atoms with E-state index in [-0.39, 0.29) is 11.8 Å². The van der Waals surface area contributed by atoms with E-state index in [1.807, 2.05) is 78.9 Å². The van der Waals surface area contributed by atoms with Gasteiger partial charge in [0.25, 0.3) is 5.91 Å². The lowest BCUT2D eigenvalue weighted by atomic mass is 9.96. The Kier molecular flexibility index (Phi) is 5.23. The van der Waals surface area contributed by atoms with Crippen LogP contribution in [0.5, 0.6) is 5.75 Å². The van der Waals surface area contributed by atoms with Crippen LogP contribution in [0.25, 0.3) is 16.9 Å². The molecule has 0 fully saturated rings. The summed E-state index contributed by atoms with van der Waals surface area (Å²) in [6, 6.07) is 27.7. The summed E-state index contributed by atoms with van der Waals surface area (Å²) in [7, 11) is 0. The number of nitrogens with one attached hydrogen (secondary N) is 1. The standard InChI is InChI=1S/C26H23N3O2/c30-26(27-16-19-15-21-11-7-8-14-24(21)31-18-19)23-17-29(22-12-5-2-6-13-22)28-25(23)20-9-3-1-4-10-20/h1-14,17,19H,15-16,18H2,(H,27,30). The molecule has 0 saturated heterocycles. The largest absolute Gasteiger partial charge is 0.493 e. The molecule has 1 atom stereocenters. The van der Waals surface area contributed by atoms with Gasteiger partial charge in [0.15, 0.2) is 0 Å². The van der Waals surface area contributed by atoms with E-state index in [0.29, 0.717) is 24.4 Å². The molecule has 1 N–H and O–H groups in total. The highest BCUT2D eigenvalue weighted by atomic mass is 16.5. The lowest BCUT2D eigenvalue weighted by Gasteiger charge is -2.25. The Morgan fingerprint density at radius 3 is 2.48 bits per heavy atom. The van der Waals surface area contributed by atoms with Crippen molar-refractivity contribution in [3.63, 3.8) is 0 Å². The lowest BCUT2D eigenvalue weighted by molar-refractivity contribution is 0.0939. The number of amides is 1. The quantitative estimate of drug-likeness (QED) is 0.527. The smallest absolute Gasteiger partial charge is 0.255 e. The first kappa shape index (κ1) is 19.1. The van der Waals surface area contributed by atoms with Crippen LogP contribution < -0.4 is 10.1 Å². The second-order valence-electron chi connectivity index (χ2n) is 7.74. The molecule has 5 nitrogen and oxygen atoms in total. The number of nitrogens with zero attached hydrogens (tertiary/aromatic N) is 2. The number of hydrogen-bond acceptors (Lipinski definition) is 3. The number of para-hydroxylation sites is 2. The van der Waals surface area contributed by atoms with Crippen molar-refractivity contribution in [2.75, 3.05) is 13.2 Å². The first-order chi connectivity index (χ1) is 15.3. The Morgan fingerprint density at radius 2 is 1.68 bits per heavy atom. The van der Waals surface area contributed by atoms with Gasteiger partial charge in [-0.25, -0.2) is 4.68 Å². The van der Waals surface area contributed by atoms with Crippen LogP contribution >= 0.6 is 0 Å². The van der Waals surface area contributed by atoms with E-state index in [1.165, 1.54) is 5.56 Å². The summed E-state index contributed by atoms with van der Waals surface area (Å²) in [6.07, 6.45) is 2.70. The number of fused-ring (bicyclic) bond motifs is 1. The minimum absolute atomic E-state index is 0.125. The van der Waals surface area contributed by atoms with E-state index in [0.717, 1.165) is 23.4 Å². The summed E-state index contributed by atoms with van der Waals surface area (Å²) >= 11 is 0. The molecule has 5 rings (SSSR count). The zero-order chi connectivity index (χ0) is 21.0. The molecule has 1 unspecified atom stereocenters. The summed E-state index contributed by atoms with van der Waals surface area (Å²) in [5.41, 5.74) is 4.25. The summed E-state index contributed by atoms with van der Waals surface area (Å²) < 4.78 is 7.62. The van der Waals surface area contributed by atoms with Crippen LogP contribution in [0.15, 0.2) is 91.1 Å². The van der Waals surface area contributed by atoms with Crippen LogP contribution in [-0.2, 0) is 6.42 Å². The molecule has 0 aliphatic carbocycles. The van der Waals surface area contributed by atoms with E-state index in [4.69, 9.17) is 9.84 Å². The van der Waals surface area contributed by atoms with Crippen LogP contribution in [-0.4, -0.2) is 28.8 Å². The molecular formula is C26H23N3O2. The van der Waals surface area contributed by atoms with Gasteiger partial charge in [-0.15, -0.1) is 0 Å². The topological polar surface area (TPSA) is 56.1 Å². The summed E-state index contributed by atoms with van der Waals surface area (Å²) in [4.78, 5) is 13.2. The van der Waals surface area contributed by atoms with Crippen LogP contribution in [0.3, 0.4) is 0 Å². The van der Waals surface area contributed by atoms with Crippen molar-refractivity contribution in [2.24, 2.45) is 5.92 Å². The number of carbonyl (C=O) groups excluding carboxylic acids is 1. The Balaban J connectivity index is 1.37. The maximum absolute atomic E-state index is 13.2. The minimum atomic E-state index is -0.125. The highest BCUT2D eigenvalue weighted by molar-refractivity contribution is 5.99. The Bertz CT molecular complexity index is 1190. The van der Waals surface area contributed by atoms with Gasteiger partial charge < -0.3 is 10.1 Å². The van der Waals surface area contributed by atoms with Crippen LogP contribution in [0.1, 0.15) is 15.9 Å². The molecule has 0 bridgehead atoms. The number of carbonyl (C=O) groups is 1. The molecular weight excluding hydrogens is 386 g/mol. The average Bonchev–Trinajstić information content (AvgIpc) is 3.29. The normalized spacial score (nSPS) is 15.0. The molecule has 0 radical (unpaired) electrons. The third kappa shape index (κ3) is 4.08. The van der Waals surface area contributed by atoms with Gasteiger partial charge in [-0.3, -0.25) is 4.79 Å². The molecule has 4 aromatic rings. The van der Waals surface area contributed by atoms with Crippen molar-refractivity contribution >= 4 is 5.91 Å². The summed E-state index contributed by atoms with van der Waals surface area (Å²) in [5.74, 6) is 1.06. The SMILES string of the molecule is O=C(NCC1COc2ccccc2C1)c1cn(-c2ccccc2)nc1-c1ccccc1. The summed E-state index contributed by atoms with van der Waals surface area (Å²) in [5, 5.41) is 7.83. The molecule has 31 heavy (non-hydrogen) atoms. The Labute approximate surface area is 181 Å². The van der Waals surface area contributed by atoms with Gasteiger partial charge in [-0.05, 0) is 30.2 Å². The molecule has 0 spiro atoms. The zero-order valence-corrected chi connectivity index (χ0v) is 17.1. The third-order valence-corrected chi connectivity index (χ3v) is 5.53. The van der Waals surface area contributed by atoms with Crippen molar-refractivity contribution < 1.29 is 9.53 Å². The van der Waals surface area contributed by atoms with Crippen molar-refractivity contribution in [3.05, 3.63) is 102 Å². The molecule has 1 aliphatic rings. The monoisotopic (exact) mass is 409 g/mol. The first-order valence-electron chi connectivity index (χ1n) is 10.5. The fourth-order valence-corrected chi connectivity index (χ4v) is 3.92. The predicted molar refractivity (Wildman–Crippen MR) is 120 cm³/mol. The second-order valence-corrected chi connectivity index (χ2v) is 7.74. The third-order valence-electron chi connectivity index (χ3n) is 5.53. The van der Waals surface area contributed by atoms with E-state index >= 15 is 0 Å². The van der Waals surface area contributed by atoms with Crippen molar-refractivity contribution in [3.8, 4) is 22.7 Å². The molecule has 2 heterocycles. The van der Waals surface area contributed by atoms with Crippen molar-refractivity contribution in [1.82, 2.24) is 15.1 Å². The molecule has 154 valence electrons. The fourth-order valence-electron chi connectivity index (χ4n) is 3.92. The van der Waals surface area contributed by atoms with Gasteiger partial charge in [0.05, 0.1) is 17.9 Å². The van der Waals surface area contributed by atoms with E-state index in [9.17, 15) is 4.79 Å². The summed E-state index contributed by atoms with van der Waals surface area (Å²) in [6.45, 7) is 1.16. The molecule has 1 amide bonds. The molecule has 5 heteroatoms. The number of rotatable bonds is 5. The van der Waals surface area contributed by atoms with Gasteiger partial charge in [0, 0.05) is 24.2 Å². The van der Waals surface area contributed by atoms with Gasteiger partial charge in [0.2, 0.25) is 0 Å². The minimum Gasteiger partial charge on any atom is -0.493 e. The van der Waals surface area contributed by atoms with Crippen molar-refractivity contribution in [2.45, 2.75) is 6.42 Å². The van der Waals surface area contributed by atoms with Gasteiger partial charge in [-0.1, -0.05) is 66.7 Å². The Morgan fingerprint density at radius 1 is 0.968 bits per heavy atom. The first-order valence-corrected chi connectivity index (χ1v) is 10.5. The van der Waals surface area contributed by atoms with Gasteiger partial charge in [-0.2, -0.15) is 5.10 Å². The van der Waals surface area contributed by atoms with Crippen LogP contribution in [0, 0.1) is 5.92 Å². The fraction of sp³-hybridized carbons (Fsp3) is 0.154. The van der Waals surface area contributed by atoms with E-state index in [2.05, 4.69) is 11.4 Å². The van der Waals surface area contributed by atoms with Crippen molar-refractivity contribution in [1.29, 1.82) is 0 Å². The maximum Gasteiger partial charge on any atom is 0.255 e. The molecule has 1 aromatic heterocycles. The molecule has 0 saturated carbocycles. The highest BCUT2D eigenvalue weighted by Gasteiger charge is 2.22. The maximum atomic E-state index is 13.2. The number of benzene rings is 3. The zero-order valence-electron chi connectivity index (χ0n) is 17.1. The average molecular weight is 409 g/mol. The molecule has 1 aliphatic heterocycles. The van der Waals surface area contributed by atoms with Crippen LogP contribution in [0.4, 0.5) is 0 Å². The number of ether oxygens (including phenoxy) is 1. The number of aromatic nitrogens is 2. The predicted octanol–water partition coefficient (Wildman–Crippen LogP) is 4.52. The molecule has 3 aromatic carbocycles. The van der Waals surface area contributed by atoms with Gasteiger partial charge >= 0.3 is 0 Å². The number of hydrogen-bond donors (Lipinski definition) is 1. The van der Waals surface area contributed by atoms with Gasteiger partial charge in [0.1, 0.15) is 11.4 Å². The van der Waals surface area contributed by atoms with E-state index < -0.39 is 0 Å². The van der Waals surface area contributed by atoms with E-state index in [1.54, 1.807) is 10.9 Å². The highest BCUT2D eigenvalue weighted by Crippen LogP contribution is 2.27.